The summed E-state index contributed by atoms with van der Waals surface area (Å²) < 4.78 is 13.3. The number of fused-ring (bicyclic) bond motifs is 3. The molecule has 0 radical (unpaired) electrons. The molecule has 4 rings (SSSR count). The van der Waals surface area contributed by atoms with Crippen LogP contribution in [0.2, 0.25) is 0 Å². The van der Waals surface area contributed by atoms with Crippen LogP contribution in [0.4, 0.5) is 0 Å². The quantitative estimate of drug-likeness (QED) is 0.520. The highest BCUT2D eigenvalue weighted by atomic mass is 16.5. The summed E-state index contributed by atoms with van der Waals surface area (Å²) in [6, 6.07) is 13.4. The van der Waals surface area contributed by atoms with Crippen molar-refractivity contribution in [1.29, 1.82) is 0 Å². The van der Waals surface area contributed by atoms with E-state index in [-0.39, 0.29) is 0 Å². The number of methoxy groups -OCH3 is 1. The van der Waals surface area contributed by atoms with Gasteiger partial charge >= 0.3 is 0 Å². The maximum absolute atomic E-state index is 6.10. The monoisotopic (exact) mass is 332 g/mol. The maximum Gasteiger partial charge on any atom is 0.266 e. The van der Waals surface area contributed by atoms with Crippen molar-refractivity contribution in [2.45, 2.75) is 6.42 Å². The van der Waals surface area contributed by atoms with Crippen molar-refractivity contribution < 1.29 is 9.47 Å². The van der Waals surface area contributed by atoms with Gasteiger partial charge in [0.1, 0.15) is 17.8 Å². The molecule has 0 unspecified atom stereocenters. The Balaban J connectivity index is 1.85. The first-order valence-electron chi connectivity index (χ1n) is 7.84. The molecule has 0 N–H and O–H groups in total. The van der Waals surface area contributed by atoms with E-state index < -0.39 is 0 Å². The van der Waals surface area contributed by atoms with E-state index in [1.807, 2.05) is 52.9 Å². The van der Waals surface area contributed by atoms with Crippen LogP contribution in [-0.2, 0) is 6.42 Å². The van der Waals surface area contributed by atoms with E-state index in [4.69, 9.17) is 9.47 Å². The summed E-state index contributed by atoms with van der Waals surface area (Å²) in [6.07, 6.45) is 4.14. The predicted octanol–water partition coefficient (Wildman–Crippen LogP) is 3.81. The number of hydrogen-bond donors (Lipinski definition) is 0. The van der Waals surface area contributed by atoms with E-state index in [2.05, 4.69) is 21.8 Å². The van der Waals surface area contributed by atoms with Gasteiger partial charge in [-0.1, -0.05) is 18.2 Å². The first-order chi connectivity index (χ1) is 12.3. The zero-order valence-corrected chi connectivity index (χ0v) is 13.7. The number of ether oxygens (including phenoxy) is 2. The normalized spacial score (nSPS) is 10.9. The molecule has 0 spiro atoms. The van der Waals surface area contributed by atoms with Gasteiger partial charge in [0.05, 0.1) is 18.1 Å². The fraction of sp³-hybridized carbons (Fsp3) is 0.105. The first-order valence-corrected chi connectivity index (χ1v) is 7.84. The second-order valence-corrected chi connectivity index (χ2v) is 5.50. The van der Waals surface area contributed by atoms with E-state index >= 15 is 0 Å². The third-order valence-electron chi connectivity index (χ3n) is 3.94. The maximum atomic E-state index is 6.10. The van der Waals surface area contributed by atoms with Crippen molar-refractivity contribution in [2.24, 2.45) is 0 Å². The van der Waals surface area contributed by atoms with Crippen LogP contribution in [0.15, 0.2) is 61.4 Å². The van der Waals surface area contributed by atoms with Gasteiger partial charge in [0.25, 0.3) is 5.88 Å². The molecule has 4 aromatic rings. The molecular formula is C19H16N4O2. The summed E-state index contributed by atoms with van der Waals surface area (Å²) in [7, 11) is 1.64. The average Bonchev–Trinajstić information content (AvgIpc) is 3.14. The lowest BCUT2D eigenvalue weighted by molar-refractivity contribution is 0.411. The third kappa shape index (κ3) is 2.67. The van der Waals surface area contributed by atoms with Crippen LogP contribution in [0.1, 0.15) is 5.56 Å². The molecule has 2 heterocycles. The Bertz CT molecular complexity index is 1070. The summed E-state index contributed by atoms with van der Waals surface area (Å²) in [4.78, 5) is 4.61. The molecule has 0 saturated heterocycles. The van der Waals surface area contributed by atoms with Gasteiger partial charge in [-0.05, 0) is 36.8 Å². The van der Waals surface area contributed by atoms with Gasteiger partial charge in [0.2, 0.25) is 5.65 Å². The molecule has 0 fully saturated rings. The van der Waals surface area contributed by atoms with Gasteiger partial charge in [0.15, 0.2) is 0 Å². The van der Waals surface area contributed by atoms with Gasteiger partial charge in [-0.3, -0.25) is 4.40 Å². The zero-order valence-electron chi connectivity index (χ0n) is 13.7. The van der Waals surface area contributed by atoms with Gasteiger partial charge in [-0.15, -0.1) is 16.8 Å². The number of hydrogen-bond acceptors (Lipinski definition) is 5. The molecular weight excluding hydrogens is 316 g/mol. The van der Waals surface area contributed by atoms with E-state index in [0.717, 1.165) is 22.3 Å². The van der Waals surface area contributed by atoms with E-state index in [0.29, 0.717) is 23.7 Å². The second kappa shape index (κ2) is 6.24. The van der Waals surface area contributed by atoms with Crippen molar-refractivity contribution >= 4 is 16.7 Å². The minimum Gasteiger partial charge on any atom is -0.497 e. The number of benzene rings is 2. The van der Waals surface area contributed by atoms with Gasteiger partial charge in [0, 0.05) is 5.56 Å². The van der Waals surface area contributed by atoms with Crippen molar-refractivity contribution in [3.63, 3.8) is 0 Å². The number of aromatic nitrogens is 4. The molecule has 0 saturated carbocycles. The fourth-order valence-electron chi connectivity index (χ4n) is 2.75. The lowest BCUT2D eigenvalue weighted by Gasteiger charge is -2.12. The van der Waals surface area contributed by atoms with E-state index in [1.54, 1.807) is 13.4 Å². The van der Waals surface area contributed by atoms with E-state index in [1.165, 1.54) is 0 Å². The molecule has 124 valence electrons. The Morgan fingerprint density at radius 3 is 2.92 bits per heavy atom. The lowest BCUT2D eigenvalue weighted by atomic mass is 10.1. The molecule has 0 aliphatic rings. The predicted molar refractivity (Wildman–Crippen MR) is 95.3 cm³/mol. The smallest absolute Gasteiger partial charge is 0.266 e. The summed E-state index contributed by atoms with van der Waals surface area (Å²) in [5.74, 6) is 1.86. The average molecular weight is 332 g/mol. The van der Waals surface area contributed by atoms with Crippen LogP contribution >= 0.6 is 0 Å². The zero-order chi connectivity index (χ0) is 17.2. The van der Waals surface area contributed by atoms with Crippen LogP contribution < -0.4 is 9.47 Å². The molecule has 0 amide bonds. The number of nitrogens with zero attached hydrogens (tertiary/aromatic N) is 4. The molecule has 0 aliphatic heterocycles. The van der Waals surface area contributed by atoms with Gasteiger partial charge in [-0.25, -0.2) is 4.98 Å². The molecule has 2 aromatic carbocycles. The van der Waals surface area contributed by atoms with E-state index in [9.17, 15) is 0 Å². The highest BCUT2D eigenvalue weighted by Gasteiger charge is 2.14. The Kier molecular flexibility index (Phi) is 3.78. The fourth-order valence-corrected chi connectivity index (χ4v) is 2.75. The van der Waals surface area contributed by atoms with Crippen molar-refractivity contribution in [1.82, 2.24) is 19.6 Å². The van der Waals surface area contributed by atoms with Crippen LogP contribution in [0.5, 0.6) is 17.4 Å². The molecule has 25 heavy (non-hydrogen) atoms. The Hall–Kier alpha value is -3.41. The first kappa shape index (κ1) is 15.1. The minimum absolute atomic E-state index is 0.409. The molecule has 0 bridgehead atoms. The van der Waals surface area contributed by atoms with Crippen LogP contribution in [-0.4, -0.2) is 26.7 Å². The highest BCUT2D eigenvalue weighted by molar-refractivity contribution is 5.79. The van der Waals surface area contributed by atoms with Crippen LogP contribution in [0, 0.1) is 0 Å². The summed E-state index contributed by atoms with van der Waals surface area (Å²) in [6.45, 7) is 3.80. The highest BCUT2D eigenvalue weighted by Crippen LogP contribution is 2.31. The van der Waals surface area contributed by atoms with Crippen molar-refractivity contribution in [3.05, 3.63) is 67.0 Å². The number of para-hydroxylation sites is 2. The molecule has 0 atom stereocenters. The minimum atomic E-state index is 0.409. The van der Waals surface area contributed by atoms with Crippen molar-refractivity contribution in [2.75, 3.05) is 7.11 Å². The molecule has 6 nitrogen and oxygen atoms in total. The standard InChI is InChI=1S/C19H16N4O2/c1-3-6-13-11-14(24-2)9-10-17(13)25-19-18-22-20-12-23(18)16-8-5-4-7-15(16)21-19/h3-5,7-12H,1,6H2,2H3. The topological polar surface area (TPSA) is 61.5 Å². The Labute approximate surface area is 144 Å². The van der Waals surface area contributed by atoms with Crippen LogP contribution in [0.25, 0.3) is 16.7 Å². The number of rotatable bonds is 5. The molecule has 2 aromatic heterocycles. The SMILES string of the molecule is C=CCc1cc(OC)ccc1Oc1nc2ccccc2n2cnnc12. The lowest BCUT2D eigenvalue weighted by Crippen LogP contribution is -1.98. The van der Waals surface area contributed by atoms with Crippen LogP contribution in [0.3, 0.4) is 0 Å². The summed E-state index contributed by atoms with van der Waals surface area (Å²) >= 11 is 0. The van der Waals surface area contributed by atoms with Gasteiger partial charge < -0.3 is 9.47 Å². The second-order valence-electron chi connectivity index (χ2n) is 5.50. The third-order valence-corrected chi connectivity index (χ3v) is 3.94. The Morgan fingerprint density at radius 1 is 1.20 bits per heavy atom. The summed E-state index contributed by atoms with van der Waals surface area (Å²) in [5.41, 5.74) is 3.26. The number of allylic oxidation sites excluding steroid dienone is 1. The van der Waals surface area contributed by atoms with Gasteiger partial charge in [-0.2, -0.15) is 0 Å². The molecule has 0 aliphatic carbocycles. The molecule has 6 heteroatoms. The largest absolute Gasteiger partial charge is 0.497 e. The Morgan fingerprint density at radius 2 is 2.08 bits per heavy atom. The van der Waals surface area contributed by atoms with Crippen molar-refractivity contribution in [3.8, 4) is 17.4 Å². The summed E-state index contributed by atoms with van der Waals surface area (Å²) in [5, 5.41) is 8.15.